The molecular weight excluding hydrogens is 200 g/mol. The molecule has 0 bridgehead atoms. The smallest absolute Gasteiger partial charge is 0.310 e. The molecule has 2 N–H and O–H groups in total. The molecule has 0 aliphatic carbocycles. The Balaban J connectivity index is 3.64. The minimum Gasteiger partial charge on any atom is -0.481 e. The Hall–Kier alpha value is -1.39. The highest BCUT2D eigenvalue weighted by Gasteiger charge is 2.15. The van der Waals surface area contributed by atoms with Gasteiger partial charge < -0.3 is 10.2 Å². The second-order valence-corrected chi connectivity index (χ2v) is 3.58. The van der Waals surface area contributed by atoms with E-state index < -0.39 is 18.4 Å². The molecule has 0 saturated carbocycles. The molecule has 0 saturated heterocycles. The molecular formula is C10H16O5. The van der Waals surface area contributed by atoms with Crippen LogP contribution in [0.1, 0.15) is 39.0 Å². The molecule has 0 heterocycles. The van der Waals surface area contributed by atoms with Gasteiger partial charge in [-0.1, -0.05) is 13.3 Å². The Morgan fingerprint density at radius 2 is 1.67 bits per heavy atom. The lowest BCUT2D eigenvalue weighted by molar-refractivity contribution is -0.141. The number of aliphatic carboxylic acids is 2. The predicted molar refractivity (Wildman–Crippen MR) is 52.5 cm³/mol. The van der Waals surface area contributed by atoms with Gasteiger partial charge in [0.15, 0.2) is 0 Å². The van der Waals surface area contributed by atoms with Crippen LogP contribution in [-0.4, -0.2) is 27.9 Å². The summed E-state index contributed by atoms with van der Waals surface area (Å²) in [5.74, 6) is -2.55. The van der Waals surface area contributed by atoms with Crippen molar-refractivity contribution < 1.29 is 24.6 Å². The highest BCUT2D eigenvalue weighted by atomic mass is 16.4. The number of carbonyl (C=O) groups is 3. The molecule has 0 spiro atoms. The fourth-order valence-corrected chi connectivity index (χ4v) is 1.21. The summed E-state index contributed by atoms with van der Waals surface area (Å²) in [6.07, 6.45) is 1.37. The van der Waals surface area contributed by atoms with Crippen LogP contribution in [0.5, 0.6) is 0 Å². The Bertz CT molecular complexity index is 246. The van der Waals surface area contributed by atoms with Crippen LogP contribution < -0.4 is 0 Å². The van der Waals surface area contributed by atoms with Gasteiger partial charge in [0.05, 0.1) is 0 Å². The Morgan fingerprint density at radius 1 is 1.07 bits per heavy atom. The largest absolute Gasteiger partial charge is 0.481 e. The summed E-state index contributed by atoms with van der Waals surface area (Å²) in [6.45, 7) is 1.67. The van der Waals surface area contributed by atoms with Gasteiger partial charge in [0, 0.05) is 12.3 Å². The summed E-state index contributed by atoms with van der Waals surface area (Å²) in [7, 11) is 0. The van der Waals surface area contributed by atoms with Crippen LogP contribution >= 0.6 is 0 Å². The lowest BCUT2D eigenvalue weighted by atomic mass is 9.97. The average Bonchev–Trinajstić information content (AvgIpc) is 2.10. The van der Waals surface area contributed by atoms with Gasteiger partial charge in [-0.3, -0.25) is 14.4 Å². The third-order valence-electron chi connectivity index (χ3n) is 2.15. The van der Waals surface area contributed by atoms with E-state index in [9.17, 15) is 14.4 Å². The maximum Gasteiger partial charge on any atom is 0.310 e. The molecule has 0 amide bonds. The van der Waals surface area contributed by atoms with Crippen LogP contribution in [0.2, 0.25) is 0 Å². The normalized spacial score (nSPS) is 12.1. The number of ketones is 1. The number of rotatable bonds is 8. The maximum absolute atomic E-state index is 11.2. The highest BCUT2D eigenvalue weighted by Crippen LogP contribution is 2.12. The molecule has 1 atom stereocenters. The van der Waals surface area contributed by atoms with Gasteiger partial charge in [0.2, 0.25) is 0 Å². The molecule has 5 nitrogen and oxygen atoms in total. The van der Waals surface area contributed by atoms with Gasteiger partial charge in [0.25, 0.3) is 0 Å². The van der Waals surface area contributed by atoms with E-state index in [-0.39, 0.29) is 18.1 Å². The first kappa shape index (κ1) is 13.6. The van der Waals surface area contributed by atoms with Crippen molar-refractivity contribution in [2.24, 2.45) is 5.92 Å². The van der Waals surface area contributed by atoms with Gasteiger partial charge >= 0.3 is 11.9 Å². The molecule has 86 valence electrons. The van der Waals surface area contributed by atoms with Gasteiger partial charge in [-0.25, -0.2) is 0 Å². The fourth-order valence-electron chi connectivity index (χ4n) is 1.21. The molecule has 0 aromatic carbocycles. The van der Waals surface area contributed by atoms with E-state index in [1.54, 1.807) is 6.92 Å². The van der Waals surface area contributed by atoms with E-state index in [0.717, 1.165) is 0 Å². The quantitative estimate of drug-likeness (QED) is 0.471. The van der Waals surface area contributed by atoms with Crippen LogP contribution in [0.15, 0.2) is 0 Å². The van der Waals surface area contributed by atoms with Gasteiger partial charge in [-0.15, -0.1) is 0 Å². The van der Waals surface area contributed by atoms with Gasteiger partial charge in [0.1, 0.15) is 12.2 Å². The maximum atomic E-state index is 11.2. The van der Waals surface area contributed by atoms with Gasteiger partial charge in [-0.2, -0.15) is 0 Å². The number of carboxylic acid groups (broad SMARTS) is 2. The molecule has 0 rings (SSSR count). The zero-order valence-electron chi connectivity index (χ0n) is 8.73. The Labute approximate surface area is 88.1 Å². The van der Waals surface area contributed by atoms with Crippen molar-refractivity contribution in [3.8, 4) is 0 Å². The average molecular weight is 216 g/mol. The van der Waals surface area contributed by atoms with Crippen molar-refractivity contribution in [1.82, 2.24) is 0 Å². The standard InChI is InChI=1S/C10H16O5/c1-7(8(11)6-10(14)15)4-2-3-5-9(12)13/h7H,2-6H2,1H3,(H,12,13)(H,14,15). The molecule has 0 aromatic rings. The molecule has 0 fully saturated rings. The topological polar surface area (TPSA) is 91.7 Å². The van der Waals surface area contributed by atoms with E-state index >= 15 is 0 Å². The minimum absolute atomic E-state index is 0.0971. The highest BCUT2D eigenvalue weighted by molar-refractivity contribution is 5.95. The summed E-state index contributed by atoms with van der Waals surface area (Å²) >= 11 is 0. The Morgan fingerprint density at radius 3 is 2.13 bits per heavy atom. The van der Waals surface area contributed by atoms with Crippen LogP contribution in [-0.2, 0) is 14.4 Å². The molecule has 5 heteroatoms. The minimum atomic E-state index is -1.11. The molecule has 1 unspecified atom stereocenters. The van der Waals surface area contributed by atoms with Gasteiger partial charge in [-0.05, 0) is 12.8 Å². The zero-order chi connectivity index (χ0) is 11.8. The summed E-state index contributed by atoms with van der Waals surface area (Å²) in [5, 5.41) is 16.7. The molecule has 0 aliphatic rings. The molecule has 0 radical (unpaired) electrons. The van der Waals surface area contributed by atoms with Crippen molar-refractivity contribution in [1.29, 1.82) is 0 Å². The van der Waals surface area contributed by atoms with Crippen molar-refractivity contribution >= 4 is 17.7 Å². The van der Waals surface area contributed by atoms with E-state index in [2.05, 4.69) is 0 Å². The lowest BCUT2D eigenvalue weighted by Crippen LogP contribution is -2.15. The van der Waals surface area contributed by atoms with E-state index in [1.807, 2.05) is 0 Å². The van der Waals surface area contributed by atoms with Crippen molar-refractivity contribution in [2.75, 3.05) is 0 Å². The summed E-state index contributed by atoms with van der Waals surface area (Å²) in [4.78, 5) is 31.6. The number of carbonyl (C=O) groups excluding carboxylic acids is 1. The number of hydrogen-bond donors (Lipinski definition) is 2. The number of carboxylic acids is 2. The first-order chi connectivity index (χ1) is 6.93. The summed E-state index contributed by atoms with van der Waals surface area (Å²) in [5.41, 5.74) is 0. The van der Waals surface area contributed by atoms with Crippen molar-refractivity contribution in [3.63, 3.8) is 0 Å². The fraction of sp³-hybridized carbons (Fsp3) is 0.700. The second-order valence-electron chi connectivity index (χ2n) is 3.58. The van der Waals surface area contributed by atoms with Crippen LogP contribution in [0.25, 0.3) is 0 Å². The van der Waals surface area contributed by atoms with E-state index in [1.165, 1.54) is 0 Å². The van der Waals surface area contributed by atoms with E-state index in [0.29, 0.717) is 19.3 Å². The van der Waals surface area contributed by atoms with Crippen molar-refractivity contribution in [3.05, 3.63) is 0 Å². The zero-order valence-corrected chi connectivity index (χ0v) is 8.73. The summed E-state index contributed by atoms with van der Waals surface area (Å²) in [6, 6.07) is 0. The monoisotopic (exact) mass is 216 g/mol. The third-order valence-corrected chi connectivity index (χ3v) is 2.15. The predicted octanol–water partition coefficient (Wildman–Crippen LogP) is 1.31. The number of hydrogen-bond acceptors (Lipinski definition) is 3. The third kappa shape index (κ3) is 7.66. The summed E-state index contributed by atoms with van der Waals surface area (Å²) < 4.78 is 0. The number of Topliss-reactive ketones (excluding diaryl/α,β-unsaturated/α-hetero) is 1. The number of unbranched alkanes of at least 4 members (excludes halogenated alkanes) is 1. The SMILES string of the molecule is CC(CCCCC(=O)O)C(=O)CC(=O)O. The molecule has 0 aromatic heterocycles. The van der Waals surface area contributed by atoms with Crippen molar-refractivity contribution in [2.45, 2.75) is 39.0 Å². The first-order valence-corrected chi connectivity index (χ1v) is 4.89. The second kappa shape index (κ2) is 6.98. The van der Waals surface area contributed by atoms with Crippen LogP contribution in [0, 0.1) is 5.92 Å². The molecule has 15 heavy (non-hydrogen) atoms. The van der Waals surface area contributed by atoms with E-state index in [4.69, 9.17) is 10.2 Å². The Kier molecular flexibility index (Phi) is 6.33. The lowest BCUT2D eigenvalue weighted by Gasteiger charge is -2.07. The first-order valence-electron chi connectivity index (χ1n) is 4.89. The van der Waals surface area contributed by atoms with Crippen LogP contribution in [0.3, 0.4) is 0 Å². The van der Waals surface area contributed by atoms with Crippen LogP contribution in [0.4, 0.5) is 0 Å². The molecule has 0 aliphatic heterocycles.